The zero-order valence-electron chi connectivity index (χ0n) is 13.5. The van der Waals surface area contributed by atoms with Crippen molar-refractivity contribution in [3.8, 4) is 11.5 Å². The summed E-state index contributed by atoms with van der Waals surface area (Å²) in [5, 5.41) is 0. The van der Waals surface area contributed by atoms with Gasteiger partial charge in [0.05, 0.1) is 30.9 Å². The number of rotatable bonds is 5. The Bertz CT molecular complexity index is 679. The Hall–Kier alpha value is -2.50. The molecule has 1 aliphatic heterocycles. The first kappa shape index (κ1) is 15.4. The van der Waals surface area contributed by atoms with Crippen LogP contribution in [0.1, 0.15) is 18.3 Å². The largest absolute Gasteiger partial charge is 0.494 e. The highest BCUT2D eigenvalue weighted by atomic mass is 16.5. The van der Waals surface area contributed by atoms with E-state index in [9.17, 15) is 4.79 Å². The van der Waals surface area contributed by atoms with Crippen molar-refractivity contribution in [3.63, 3.8) is 0 Å². The van der Waals surface area contributed by atoms with Crippen LogP contribution in [0.5, 0.6) is 11.5 Å². The first-order valence-corrected chi connectivity index (χ1v) is 7.80. The number of nitrogens with zero attached hydrogens (tertiary/aromatic N) is 3. The molecule has 122 valence electrons. The van der Waals surface area contributed by atoms with Crippen LogP contribution in [0.15, 0.2) is 30.6 Å². The smallest absolute Gasteiger partial charge is 0.260 e. The van der Waals surface area contributed by atoms with Crippen LogP contribution < -0.4 is 9.47 Å². The molecule has 23 heavy (non-hydrogen) atoms. The van der Waals surface area contributed by atoms with Gasteiger partial charge in [0.25, 0.3) is 5.91 Å². The van der Waals surface area contributed by atoms with Crippen molar-refractivity contribution < 1.29 is 14.3 Å². The van der Waals surface area contributed by atoms with Crippen molar-refractivity contribution in [3.05, 3.63) is 42.0 Å². The molecule has 1 amide bonds. The number of benzene rings is 1. The number of carbonyl (C=O) groups is 1. The Balaban J connectivity index is 1.54. The first-order valence-electron chi connectivity index (χ1n) is 7.80. The van der Waals surface area contributed by atoms with Crippen molar-refractivity contribution in [2.75, 3.05) is 19.8 Å². The number of hydrogen-bond acceptors (Lipinski definition) is 4. The molecule has 2 heterocycles. The molecule has 1 aromatic carbocycles. The lowest BCUT2D eigenvalue weighted by Gasteiger charge is -2.27. The molecule has 0 unspecified atom stereocenters. The lowest BCUT2D eigenvalue weighted by Crippen LogP contribution is -2.39. The SMILES string of the molecule is CCOc1ccc(OCC(=O)N2CCc3ncn(C)c3C2)cc1. The van der Waals surface area contributed by atoms with Crippen LogP contribution in [0.3, 0.4) is 0 Å². The van der Waals surface area contributed by atoms with Gasteiger partial charge in [-0.3, -0.25) is 4.79 Å². The van der Waals surface area contributed by atoms with Crippen molar-refractivity contribution in [2.24, 2.45) is 7.05 Å². The van der Waals surface area contributed by atoms with Gasteiger partial charge in [-0.15, -0.1) is 0 Å². The molecule has 6 nitrogen and oxygen atoms in total. The predicted octanol–water partition coefficient (Wildman–Crippen LogP) is 1.78. The summed E-state index contributed by atoms with van der Waals surface area (Å²) in [7, 11) is 1.95. The maximum Gasteiger partial charge on any atom is 0.260 e. The number of imidazole rings is 1. The van der Waals surface area contributed by atoms with Gasteiger partial charge in [0.2, 0.25) is 0 Å². The fourth-order valence-corrected chi connectivity index (χ4v) is 2.66. The molecule has 6 heteroatoms. The molecule has 0 atom stereocenters. The third-order valence-electron chi connectivity index (χ3n) is 3.95. The van der Waals surface area contributed by atoms with Gasteiger partial charge >= 0.3 is 0 Å². The van der Waals surface area contributed by atoms with E-state index < -0.39 is 0 Å². The van der Waals surface area contributed by atoms with E-state index in [1.54, 1.807) is 6.33 Å². The second-order valence-electron chi connectivity index (χ2n) is 5.51. The number of fused-ring (bicyclic) bond motifs is 1. The second-order valence-corrected chi connectivity index (χ2v) is 5.51. The molecular formula is C17H21N3O3. The lowest BCUT2D eigenvalue weighted by molar-refractivity contribution is -0.134. The van der Waals surface area contributed by atoms with E-state index in [0.717, 1.165) is 23.6 Å². The van der Waals surface area contributed by atoms with Gasteiger partial charge in [-0.2, -0.15) is 0 Å². The highest BCUT2D eigenvalue weighted by Gasteiger charge is 2.23. The van der Waals surface area contributed by atoms with Crippen LogP contribution in [0, 0.1) is 0 Å². The topological polar surface area (TPSA) is 56.6 Å². The highest BCUT2D eigenvalue weighted by molar-refractivity contribution is 5.78. The van der Waals surface area contributed by atoms with Gasteiger partial charge in [0, 0.05) is 20.0 Å². The second kappa shape index (κ2) is 6.73. The maximum atomic E-state index is 12.3. The van der Waals surface area contributed by atoms with Gasteiger partial charge in [0.1, 0.15) is 11.5 Å². The Kier molecular flexibility index (Phi) is 4.50. The number of hydrogen-bond donors (Lipinski definition) is 0. The summed E-state index contributed by atoms with van der Waals surface area (Å²) in [5.41, 5.74) is 2.19. The predicted molar refractivity (Wildman–Crippen MR) is 85.4 cm³/mol. The number of aromatic nitrogens is 2. The van der Waals surface area contributed by atoms with E-state index in [4.69, 9.17) is 9.47 Å². The molecule has 0 saturated carbocycles. The average molecular weight is 315 g/mol. The standard InChI is InChI=1S/C17H21N3O3/c1-3-22-13-4-6-14(7-5-13)23-11-17(21)20-9-8-15-16(10-20)19(2)12-18-15/h4-7,12H,3,8-11H2,1-2H3. The quantitative estimate of drug-likeness (QED) is 0.844. The van der Waals surface area contributed by atoms with Crippen LogP contribution in [-0.4, -0.2) is 40.1 Å². The van der Waals surface area contributed by atoms with E-state index in [1.165, 1.54) is 0 Å². The molecular weight excluding hydrogens is 294 g/mol. The summed E-state index contributed by atoms with van der Waals surface area (Å²) in [5.74, 6) is 1.46. The summed E-state index contributed by atoms with van der Waals surface area (Å²) in [6.07, 6.45) is 2.60. The van der Waals surface area contributed by atoms with Crippen LogP contribution in [0.25, 0.3) is 0 Å². The third-order valence-corrected chi connectivity index (χ3v) is 3.95. The molecule has 1 aliphatic rings. The van der Waals surface area contributed by atoms with Crippen LogP contribution in [-0.2, 0) is 24.8 Å². The molecule has 0 fully saturated rings. The molecule has 2 aromatic rings. The minimum absolute atomic E-state index is 0.00858. The van der Waals surface area contributed by atoms with E-state index in [1.807, 2.05) is 47.7 Å². The summed E-state index contributed by atoms with van der Waals surface area (Å²) in [4.78, 5) is 18.5. The summed E-state index contributed by atoms with van der Waals surface area (Å²) >= 11 is 0. The molecule has 3 rings (SSSR count). The molecule has 0 radical (unpaired) electrons. The van der Waals surface area contributed by atoms with E-state index in [-0.39, 0.29) is 12.5 Å². The van der Waals surface area contributed by atoms with E-state index in [2.05, 4.69) is 4.98 Å². The van der Waals surface area contributed by atoms with Gasteiger partial charge in [-0.1, -0.05) is 0 Å². The van der Waals surface area contributed by atoms with E-state index in [0.29, 0.717) is 25.4 Å². The van der Waals surface area contributed by atoms with Crippen LogP contribution in [0.4, 0.5) is 0 Å². The van der Waals surface area contributed by atoms with Gasteiger partial charge < -0.3 is 18.9 Å². The number of amides is 1. The fourth-order valence-electron chi connectivity index (χ4n) is 2.66. The molecule has 0 bridgehead atoms. The Morgan fingerprint density at radius 2 is 1.91 bits per heavy atom. The Labute approximate surface area is 135 Å². The minimum atomic E-state index is -0.00858. The number of aryl methyl sites for hydroxylation is 1. The molecule has 0 N–H and O–H groups in total. The Morgan fingerprint density at radius 3 is 2.61 bits per heavy atom. The highest BCUT2D eigenvalue weighted by Crippen LogP contribution is 2.19. The van der Waals surface area contributed by atoms with Gasteiger partial charge in [0.15, 0.2) is 6.61 Å². The lowest BCUT2D eigenvalue weighted by atomic mass is 10.1. The average Bonchev–Trinajstić information content (AvgIpc) is 2.95. The fraction of sp³-hybridized carbons (Fsp3) is 0.412. The summed E-state index contributed by atoms with van der Waals surface area (Å²) in [6, 6.07) is 7.31. The van der Waals surface area contributed by atoms with Gasteiger partial charge in [-0.05, 0) is 31.2 Å². The van der Waals surface area contributed by atoms with Crippen molar-refractivity contribution in [1.29, 1.82) is 0 Å². The van der Waals surface area contributed by atoms with E-state index >= 15 is 0 Å². The van der Waals surface area contributed by atoms with Crippen LogP contribution >= 0.6 is 0 Å². The van der Waals surface area contributed by atoms with Gasteiger partial charge in [-0.25, -0.2) is 4.98 Å². The van der Waals surface area contributed by atoms with Crippen molar-refractivity contribution >= 4 is 5.91 Å². The third kappa shape index (κ3) is 3.47. The molecule has 1 aromatic heterocycles. The van der Waals surface area contributed by atoms with Crippen LogP contribution in [0.2, 0.25) is 0 Å². The maximum absolute atomic E-state index is 12.3. The number of ether oxygens (including phenoxy) is 2. The van der Waals surface area contributed by atoms with Crippen molar-refractivity contribution in [2.45, 2.75) is 19.9 Å². The summed E-state index contributed by atoms with van der Waals surface area (Å²) < 4.78 is 12.9. The molecule has 0 spiro atoms. The molecule has 0 aliphatic carbocycles. The Morgan fingerprint density at radius 1 is 1.22 bits per heavy atom. The van der Waals surface area contributed by atoms with Crippen molar-refractivity contribution in [1.82, 2.24) is 14.5 Å². The minimum Gasteiger partial charge on any atom is -0.494 e. The number of carbonyl (C=O) groups excluding carboxylic acids is 1. The monoisotopic (exact) mass is 315 g/mol. The molecule has 0 saturated heterocycles. The summed E-state index contributed by atoms with van der Waals surface area (Å²) in [6.45, 7) is 3.90. The zero-order chi connectivity index (χ0) is 16.2. The normalized spacial score (nSPS) is 13.6. The first-order chi connectivity index (χ1) is 11.2. The zero-order valence-corrected chi connectivity index (χ0v) is 13.5.